The van der Waals surface area contributed by atoms with E-state index in [-0.39, 0.29) is 0 Å². The van der Waals surface area contributed by atoms with Crippen LogP contribution in [-0.2, 0) is 6.54 Å². The molecule has 0 saturated carbocycles. The Bertz CT molecular complexity index is 582. The van der Waals surface area contributed by atoms with Crippen molar-refractivity contribution in [2.75, 3.05) is 11.9 Å². The van der Waals surface area contributed by atoms with Crippen LogP contribution in [0.15, 0.2) is 42.7 Å². The lowest BCUT2D eigenvalue weighted by Crippen LogP contribution is -2.06. The van der Waals surface area contributed by atoms with Gasteiger partial charge in [-0.25, -0.2) is 4.98 Å². The Balaban J connectivity index is 1.53. The summed E-state index contributed by atoms with van der Waals surface area (Å²) in [7, 11) is 0. The van der Waals surface area contributed by atoms with E-state index in [1.54, 1.807) is 17.5 Å². The van der Waals surface area contributed by atoms with E-state index in [4.69, 9.17) is 0 Å². The molecule has 0 unspecified atom stereocenters. The molecule has 4 nitrogen and oxygen atoms in total. The van der Waals surface area contributed by atoms with E-state index in [2.05, 4.69) is 21.5 Å². The lowest BCUT2D eigenvalue weighted by molar-refractivity contribution is 0.592. The average molecular weight is 258 g/mol. The number of para-hydroxylation sites is 1. The van der Waals surface area contributed by atoms with E-state index in [0.717, 1.165) is 30.2 Å². The molecule has 0 bridgehead atoms. The van der Waals surface area contributed by atoms with Crippen molar-refractivity contribution in [2.45, 2.75) is 13.0 Å². The van der Waals surface area contributed by atoms with Gasteiger partial charge in [0, 0.05) is 25.5 Å². The molecule has 0 radical (unpaired) electrons. The fourth-order valence-corrected chi connectivity index (χ4v) is 2.71. The standard InChI is InChI=1S/C13H14N4S/c1-2-6-12-11(5-1)16-13(18-12)14-7-3-9-17-10-4-8-15-17/h1-2,4-6,8,10H,3,7,9H2,(H,14,16). The Labute approximate surface area is 109 Å². The summed E-state index contributed by atoms with van der Waals surface area (Å²) >= 11 is 1.70. The van der Waals surface area contributed by atoms with Crippen molar-refractivity contribution in [1.29, 1.82) is 0 Å². The summed E-state index contributed by atoms with van der Waals surface area (Å²) in [4.78, 5) is 4.53. The average Bonchev–Trinajstić information content (AvgIpc) is 3.03. The number of hydrogen-bond donors (Lipinski definition) is 1. The van der Waals surface area contributed by atoms with Gasteiger partial charge in [0.15, 0.2) is 5.13 Å². The minimum absolute atomic E-state index is 0.916. The maximum absolute atomic E-state index is 4.53. The summed E-state index contributed by atoms with van der Waals surface area (Å²) in [5, 5.41) is 8.53. The summed E-state index contributed by atoms with van der Waals surface area (Å²) in [6.45, 7) is 1.85. The van der Waals surface area contributed by atoms with Crippen LogP contribution in [0.5, 0.6) is 0 Å². The molecule has 0 saturated heterocycles. The van der Waals surface area contributed by atoms with Gasteiger partial charge in [-0.2, -0.15) is 5.10 Å². The molecule has 92 valence electrons. The molecule has 0 amide bonds. The normalized spacial score (nSPS) is 10.9. The maximum Gasteiger partial charge on any atom is 0.183 e. The maximum atomic E-state index is 4.53. The largest absolute Gasteiger partial charge is 0.361 e. The van der Waals surface area contributed by atoms with Gasteiger partial charge in [0.2, 0.25) is 0 Å². The first-order chi connectivity index (χ1) is 8.92. The lowest BCUT2D eigenvalue weighted by atomic mass is 10.3. The summed E-state index contributed by atoms with van der Waals surface area (Å²) in [5.41, 5.74) is 1.07. The van der Waals surface area contributed by atoms with E-state index in [1.807, 2.05) is 35.1 Å². The summed E-state index contributed by atoms with van der Waals surface area (Å²) in [6.07, 6.45) is 4.83. The second kappa shape index (κ2) is 5.18. The quantitative estimate of drug-likeness (QED) is 0.715. The highest BCUT2D eigenvalue weighted by atomic mass is 32.1. The Morgan fingerprint density at radius 2 is 2.17 bits per heavy atom. The number of nitrogens with zero attached hydrogens (tertiary/aromatic N) is 3. The van der Waals surface area contributed by atoms with Gasteiger partial charge in [-0.05, 0) is 24.6 Å². The van der Waals surface area contributed by atoms with E-state index in [9.17, 15) is 0 Å². The molecule has 3 aromatic rings. The first-order valence-electron chi connectivity index (χ1n) is 5.99. The van der Waals surface area contributed by atoms with Crippen molar-refractivity contribution in [3.05, 3.63) is 42.7 Å². The van der Waals surface area contributed by atoms with Crippen molar-refractivity contribution < 1.29 is 0 Å². The van der Waals surface area contributed by atoms with Crippen LogP contribution in [0.25, 0.3) is 10.2 Å². The van der Waals surface area contributed by atoms with E-state index in [0.29, 0.717) is 0 Å². The number of aromatic nitrogens is 3. The van der Waals surface area contributed by atoms with Crippen LogP contribution >= 0.6 is 11.3 Å². The van der Waals surface area contributed by atoms with Gasteiger partial charge in [-0.15, -0.1) is 0 Å². The van der Waals surface area contributed by atoms with Gasteiger partial charge in [0.25, 0.3) is 0 Å². The van der Waals surface area contributed by atoms with E-state index < -0.39 is 0 Å². The number of rotatable bonds is 5. The van der Waals surface area contributed by atoms with Gasteiger partial charge in [-0.1, -0.05) is 23.5 Å². The van der Waals surface area contributed by atoms with Gasteiger partial charge in [-0.3, -0.25) is 4.68 Å². The number of hydrogen-bond acceptors (Lipinski definition) is 4. The third-order valence-corrected chi connectivity index (χ3v) is 3.69. The zero-order valence-electron chi connectivity index (χ0n) is 9.91. The molecule has 0 fully saturated rings. The number of benzene rings is 1. The number of thiazole rings is 1. The molecule has 0 aliphatic rings. The van der Waals surface area contributed by atoms with Crippen LogP contribution in [0.3, 0.4) is 0 Å². The van der Waals surface area contributed by atoms with Crippen LogP contribution in [0.2, 0.25) is 0 Å². The molecular formula is C13H14N4S. The van der Waals surface area contributed by atoms with Crippen LogP contribution in [0.1, 0.15) is 6.42 Å². The van der Waals surface area contributed by atoms with Crippen molar-refractivity contribution in [1.82, 2.24) is 14.8 Å². The Morgan fingerprint density at radius 3 is 3.00 bits per heavy atom. The van der Waals surface area contributed by atoms with E-state index >= 15 is 0 Å². The van der Waals surface area contributed by atoms with Gasteiger partial charge < -0.3 is 5.32 Å². The fraction of sp³-hybridized carbons (Fsp3) is 0.231. The molecule has 1 aromatic carbocycles. The zero-order chi connectivity index (χ0) is 12.2. The highest BCUT2D eigenvalue weighted by molar-refractivity contribution is 7.22. The first kappa shape index (κ1) is 11.2. The predicted molar refractivity (Wildman–Crippen MR) is 75.0 cm³/mol. The predicted octanol–water partition coefficient (Wildman–Crippen LogP) is 3.00. The second-order valence-electron chi connectivity index (χ2n) is 4.04. The molecule has 2 aromatic heterocycles. The van der Waals surface area contributed by atoms with Crippen LogP contribution in [0, 0.1) is 0 Å². The van der Waals surface area contributed by atoms with Crippen LogP contribution in [-0.4, -0.2) is 21.3 Å². The highest BCUT2D eigenvalue weighted by Crippen LogP contribution is 2.25. The number of anilines is 1. The summed E-state index contributed by atoms with van der Waals surface area (Å²) < 4.78 is 3.17. The van der Waals surface area contributed by atoms with Crippen molar-refractivity contribution in [3.8, 4) is 0 Å². The number of nitrogens with one attached hydrogen (secondary N) is 1. The zero-order valence-corrected chi connectivity index (χ0v) is 10.7. The smallest absolute Gasteiger partial charge is 0.183 e. The molecule has 3 rings (SSSR count). The molecule has 18 heavy (non-hydrogen) atoms. The topological polar surface area (TPSA) is 42.7 Å². The minimum Gasteiger partial charge on any atom is -0.361 e. The summed E-state index contributed by atoms with van der Waals surface area (Å²) in [5.74, 6) is 0. The molecule has 2 heterocycles. The van der Waals surface area contributed by atoms with Crippen molar-refractivity contribution in [3.63, 3.8) is 0 Å². The van der Waals surface area contributed by atoms with Crippen LogP contribution < -0.4 is 5.32 Å². The summed E-state index contributed by atoms with van der Waals surface area (Å²) in [6, 6.07) is 10.1. The number of fused-ring (bicyclic) bond motifs is 1. The molecule has 0 spiro atoms. The molecule has 0 aliphatic heterocycles. The Kier molecular flexibility index (Phi) is 3.23. The van der Waals surface area contributed by atoms with Crippen molar-refractivity contribution >= 4 is 26.7 Å². The second-order valence-corrected chi connectivity index (χ2v) is 5.07. The van der Waals surface area contributed by atoms with Gasteiger partial charge >= 0.3 is 0 Å². The first-order valence-corrected chi connectivity index (χ1v) is 6.80. The lowest BCUT2D eigenvalue weighted by Gasteiger charge is -2.02. The number of aryl methyl sites for hydroxylation is 1. The Morgan fingerprint density at radius 1 is 1.22 bits per heavy atom. The highest BCUT2D eigenvalue weighted by Gasteiger charge is 2.01. The minimum atomic E-state index is 0.916. The molecule has 0 atom stereocenters. The Hall–Kier alpha value is -1.88. The SMILES string of the molecule is c1ccc2sc(NCCCn3cccn3)nc2c1. The fourth-order valence-electron chi connectivity index (χ4n) is 1.82. The molecule has 5 heteroatoms. The van der Waals surface area contributed by atoms with E-state index in [1.165, 1.54) is 4.70 Å². The molecule has 1 N–H and O–H groups in total. The molecular weight excluding hydrogens is 244 g/mol. The van der Waals surface area contributed by atoms with Gasteiger partial charge in [0.1, 0.15) is 0 Å². The monoisotopic (exact) mass is 258 g/mol. The molecule has 0 aliphatic carbocycles. The third kappa shape index (κ3) is 2.51. The van der Waals surface area contributed by atoms with Crippen LogP contribution in [0.4, 0.5) is 5.13 Å². The third-order valence-electron chi connectivity index (χ3n) is 2.69. The van der Waals surface area contributed by atoms with Crippen molar-refractivity contribution in [2.24, 2.45) is 0 Å². The van der Waals surface area contributed by atoms with Gasteiger partial charge in [0.05, 0.1) is 10.2 Å².